The van der Waals surface area contributed by atoms with Crippen LogP contribution in [-0.2, 0) is 0 Å². The van der Waals surface area contributed by atoms with Gasteiger partial charge in [0.15, 0.2) is 5.60 Å². The van der Waals surface area contributed by atoms with Gasteiger partial charge in [0.1, 0.15) is 5.75 Å². The number of hydrogen-bond donors (Lipinski definition) is 0. The molecule has 1 saturated carbocycles. The topological polar surface area (TPSA) is 69.4 Å². The summed E-state index contributed by atoms with van der Waals surface area (Å²) in [5, 5.41) is 10.7. The van der Waals surface area contributed by atoms with Crippen LogP contribution < -0.4 is 4.74 Å². The Kier molecular flexibility index (Phi) is 1.52. The number of nitro groups is 1. The number of Topliss-reactive ketones (excluding diaryl/α,β-unsaturated/α-hetero) is 1. The zero-order chi connectivity index (χ0) is 11.5. The van der Waals surface area contributed by atoms with Gasteiger partial charge in [-0.05, 0) is 25.3 Å². The molecule has 0 radical (unpaired) electrons. The molecule has 1 heterocycles. The molecule has 0 bridgehead atoms. The van der Waals surface area contributed by atoms with E-state index in [1.165, 1.54) is 12.1 Å². The average Bonchev–Trinajstić information content (AvgIpc) is 2.94. The maximum absolute atomic E-state index is 12.0. The molecular formula is C11H9NO4. The summed E-state index contributed by atoms with van der Waals surface area (Å²) in [6.07, 6.45) is 1.43. The van der Waals surface area contributed by atoms with Gasteiger partial charge in [-0.1, -0.05) is 0 Å². The van der Waals surface area contributed by atoms with E-state index in [1.54, 1.807) is 6.92 Å². The number of hydrogen-bond acceptors (Lipinski definition) is 4. The molecule has 0 amide bonds. The third-order valence-electron chi connectivity index (χ3n) is 3.13. The standard InChI is InChI=1S/C11H9NO4/c1-6-4-7(12(14)15)5-8-9(6)16-11(2-3-11)10(8)13/h4-5H,2-3H2,1H3. The van der Waals surface area contributed by atoms with Gasteiger partial charge in [0.2, 0.25) is 5.78 Å². The van der Waals surface area contributed by atoms with Crippen molar-refractivity contribution in [1.29, 1.82) is 0 Å². The van der Waals surface area contributed by atoms with Crippen molar-refractivity contribution in [2.75, 3.05) is 0 Å². The summed E-state index contributed by atoms with van der Waals surface area (Å²) in [4.78, 5) is 22.2. The molecule has 16 heavy (non-hydrogen) atoms. The van der Waals surface area contributed by atoms with Crippen molar-refractivity contribution in [3.05, 3.63) is 33.4 Å². The van der Waals surface area contributed by atoms with Crippen LogP contribution in [0.5, 0.6) is 5.75 Å². The summed E-state index contributed by atoms with van der Waals surface area (Å²) in [7, 11) is 0. The zero-order valence-corrected chi connectivity index (χ0v) is 8.65. The molecule has 5 nitrogen and oxygen atoms in total. The Morgan fingerprint density at radius 3 is 2.69 bits per heavy atom. The van der Waals surface area contributed by atoms with Crippen molar-refractivity contribution >= 4 is 11.5 Å². The number of fused-ring (bicyclic) bond motifs is 1. The third kappa shape index (κ3) is 1.02. The van der Waals surface area contributed by atoms with Crippen molar-refractivity contribution in [2.24, 2.45) is 0 Å². The quantitative estimate of drug-likeness (QED) is 0.535. The first-order valence-corrected chi connectivity index (χ1v) is 5.06. The molecule has 1 aliphatic heterocycles. The first-order valence-electron chi connectivity index (χ1n) is 5.06. The molecule has 1 spiro atoms. The number of non-ortho nitro benzene ring substituents is 1. The van der Waals surface area contributed by atoms with Crippen molar-refractivity contribution in [2.45, 2.75) is 25.4 Å². The van der Waals surface area contributed by atoms with Crippen LogP contribution in [0.25, 0.3) is 0 Å². The Balaban J connectivity index is 2.18. The summed E-state index contributed by atoms with van der Waals surface area (Å²) in [6, 6.07) is 2.76. The van der Waals surface area contributed by atoms with Crippen LogP contribution in [0, 0.1) is 17.0 Å². The predicted octanol–water partition coefficient (Wildman–Crippen LogP) is 2.01. The van der Waals surface area contributed by atoms with Crippen LogP contribution in [0.2, 0.25) is 0 Å². The Labute approximate surface area is 91.2 Å². The Morgan fingerprint density at radius 2 is 2.12 bits per heavy atom. The van der Waals surface area contributed by atoms with E-state index >= 15 is 0 Å². The van der Waals surface area contributed by atoms with E-state index in [-0.39, 0.29) is 11.5 Å². The van der Waals surface area contributed by atoms with Gasteiger partial charge in [-0.15, -0.1) is 0 Å². The van der Waals surface area contributed by atoms with E-state index < -0.39 is 10.5 Å². The highest BCUT2D eigenvalue weighted by Gasteiger charge is 2.58. The smallest absolute Gasteiger partial charge is 0.270 e. The zero-order valence-electron chi connectivity index (χ0n) is 8.65. The van der Waals surface area contributed by atoms with Crippen LogP contribution in [0.3, 0.4) is 0 Å². The van der Waals surface area contributed by atoms with Crippen molar-refractivity contribution in [3.63, 3.8) is 0 Å². The van der Waals surface area contributed by atoms with Gasteiger partial charge in [-0.25, -0.2) is 0 Å². The maximum Gasteiger partial charge on any atom is 0.270 e. The lowest BCUT2D eigenvalue weighted by Gasteiger charge is -2.06. The number of ketones is 1. The molecule has 3 rings (SSSR count). The summed E-state index contributed by atoms with van der Waals surface area (Å²) in [5.74, 6) is 0.419. The molecule has 1 aliphatic carbocycles. The van der Waals surface area contributed by atoms with E-state index in [4.69, 9.17) is 4.74 Å². The van der Waals surface area contributed by atoms with E-state index in [9.17, 15) is 14.9 Å². The average molecular weight is 219 g/mol. The number of nitro benzene ring substituents is 1. The number of benzene rings is 1. The van der Waals surface area contributed by atoms with Gasteiger partial charge in [0, 0.05) is 12.1 Å². The second kappa shape index (κ2) is 2.61. The highest BCUT2D eigenvalue weighted by atomic mass is 16.6. The molecule has 0 unspecified atom stereocenters. The number of carbonyl (C=O) groups excluding carboxylic acids is 1. The Hall–Kier alpha value is -1.91. The number of rotatable bonds is 1. The SMILES string of the molecule is Cc1cc([N+](=O)[O-])cc2c1OC1(CC1)C2=O. The molecule has 82 valence electrons. The van der Waals surface area contributed by atoms with E-state index in [2.05, 4.69) is 0 Å². The summed E-state index contributed by atoms with van der Waals surface area (Å²) in [5.41, 5.74) is 0.291. The minimum atomic E-state index is -0.678. The number of nitrogens with zero attached hydrogens (tertiary/aromatic N) is 1. The first kappa shape index (κ1) is 9.33. The van der Waals surface area contributed by atoms with Gasteiger partial charge in [-0.2, -0.15) is 0 Å². The number of aryl methyl sites for hydroxylation is 1. The molecule has 0 saturated heterocycles. The lowest BCUT2D eigenvalue weighted by Crippen LogP contribution is -2.21. The Morgan fingerprint density at radius 1 is 1.44 bits per heavy atom. The van der Waals surface area contributed by atoms with Gasteiger partial charge >= 0.3 is 0 Å². The second-order valence-corrected chi connectivity index (χ2v) is 4.32. The lowest BCUT2D eigenvalue weighted by atomic mass is 10.0. The molecule has 1 aromatic carbocycles. The molecule has 5 heteroatoms. The highest BCUT2D eigenvalue weighted by Crippen LogP contribution is 2.51. The molecule has 1 fully saturated rings. The first-order chi connectivity index (χ1) is 7.53. The predicted molar refractivity (Wildman–Crippen MR) is 54.8 cm³/mol. The summed E-state index contributed by atoms with van der Waals surface area (Å²) < 4.78 is 5.61. The molecule has 0 atom stereocenters. The summed E-state index contributed by atoms with van der Waals surface area (Å²) >= 11 is 0. The van der Waals surface area contributed by atoms with E-state index in [1.807, 2.05) is 0 Å². The monoisotopic (exact) mass is 219 g/mol. The van der Waals surface area contributed by atoms with Gasteiger partial charge in [0.05, 0.1) is 10.5 Å². The third-order valence-corrected chi connectivity index (χ3v) is 3.13. The lowest BCUT2D eigenvalue weighted by molar-refractivity contribution is -0.384. The van der Waals surface area contributed by atoms with Crippen molar-refractivity contribution in [1.82, 2.24) is 0 Å². The molecule has 1 aromatic rings. The largest absolute Gasteiger partial charge is 0.478 e. The fraction of sp³-hybridized carbons (Fsp3) is 0.364. The Bertz CT molecular complexity index is 531. The van der Waals surface area contributed by atoms with Gasteiger partial charge in [-0.3, -0.25) is 14.9 Å². The number of ether oxygens (including phenoxy) is 1. The van der Waals surface area contributed by atoms with Gasteiger partial charge in [0.25, 0.3) is 5.69 Å². The van der Waals surface area contributed by atoms with Crippen LogP contribution in [-0.4, -0.2) is 16.3 Å². The van der Waals surface area contributed by atoms with Crippen LogP contribution in [0.1, 0.15) is 28.8 Å². The van der Waals surface area contributed by atoms with Crippen LogP contribution in [0.4, 0.5) is 5.69 Å². The number of carbonyl (C=O) groups is 1. The maximum atomic E-state index is 12.0. The minimum absolute atomic E-state index is 0.0501. The molecule has 0 aromatic heterocycles. The fourth-order valence-corrected chi connectivity index (χ4v) is 2.09. The van der Waals surface area contributed by atoms with Crippen molar-refractivity contribution < 1.29 is 14.5 Å². The summed E-state index contributed by atoms with van der Waals surface area (Å²) in [6.45, 7) is 1.72. The minimum Gasteiger partial charge on any atom is -0.478 e. The highest BCUT2D eigenvalue weighted by molar-refractivity contribution is 6.10. The molecule has 0 N–H and O–H groups in total. The van der Waals surface area contributed by atoms with E-state index in [0.717, 1.165) is 0 Å². The molecular weight excluding hydrogens is 210 g/mol. The van der Waals surface area contributed by atoms with Crippen LogP contribution >= 0.6 is 0 Å². The fourth-order valence-electron chi connectivity index (χ4n) is 2.09. The normalized spacial score (nSPS) is 19.4. The molecule has 2 aliphatic rings. The van der Waals surface area contributed by atoms with Gasteiger partial charge < -0.3 is 4.74 Å². The van der Waals surface area contributed by atoms with Crippen molar-refractivity contribution in [3.8, 4) is 5.75 Å². The second-order valence-electron chi connectivity index (χ2n) is 4.32. The van der Waals surface area contributed by atoms with Crippen LogP contribution in [0.15, 0.2) is 12.1 Å². The van der Waals surface area contributed by atoms with E-state index in [0.29, 0.717) is 29.7 Å².